The van der Waals surface area contributed by atoms with Crippen molar-refractivity contribution in [3.63, 3.8) is 0 Å². The van der Waals surface area contributed by atoms with Gasteiger partial charge in [0, 0.05) is 24.7 Å². The smallest absolute Gasteiger partial charge is 0.348 e. The molecule has 1 heterocycles. The van der Waals surface area contributed by atoms with Crippen molar-refractivity contribution in [3.8, 4) is 24.7 Å². The highest BCUT2D eigenvalue weighted by atomic mass is 32.2. The predicted octanol–water partition coefficient (Wildman–Crippen LogP) is 5.06. The van der Waals surface area contributed by atoms with E-state index < -0.39 is 49.5 Å². The molecule has 0 bridgehead atoms. The summed E-state index contributed by atoms with van der Waals surface area (Å²) in [5, 5.41) is 2.66. The van der Waals surface area contributed by atoms with Crippen molar-refractivity contribution >= 4 is 55.2 Å². The van der Waals surface area contributed by atoms with Gasteiger partial charge in [0.15, 0.2) is 0 Å². The maximum absolute atomic E-state index is 14.3. The highest BCUT2D eigenvalue weighted by Crippen LogP contribution is 2.31. The zero-order valence-corrected chi connectivity index (χ0v) is 29.2. The van der Waals surface area contributed by atoms with Gasteiger partial charge < -0.3 is 11.1 Å². The Bertz CT molecular complexity index is 2060. The Hall–Kier alpha value is -4.62. The van der Waals surface area contributed by atoms with Gasteiger partial charge in [-0.3, -0.25) is 14.2 Å². The fourth-order valence-corrected chi connectivity index (χ4v) is 5.83. The first-order valence-corrected chi connectivity index (χ1v) is 18.9. The topological polar surface area (TPSA) is 160 Å². The Morgan fingerprint density at radius 3 is 1.92 bits per heavy atom. The number of rotatable bonds is 12. The van der Waals surface area contributed by atoms with Crippen LogP contribution in [-0.2, 0) is 44.1 Å². The number of nitrogens with one attached hydrogen (secondary N) is 3. The molecule has 1 aromatic heterocycles. The molecule has 0 fully saturated rings. The lowest BCUT2D eigenvalue weighted by molar-refractivity contribution is -0.141. The number of terminal acetylenes is 2. The van der Waals surface area contributed by atoms with Gasteiger partial charge in [-0.1, -0.05) is 24.8 Å². The predicted molar refractivity (Wildman–Crippen MR) is 185 cm³/mol. The number of sulfonamides is 2. The van der Waals surface area contributed by atoms with Crippen molar-refractivity contribution in [1.82, 2.24) is 10.3 Å². The lowest BCUT2D eigenvalue weighted by Gasteiger charge is -2.11. The van der Waals surface area contributed by atoms with Crippen molar-refractivity contribution in [2.75, 3.05) is 27.7 Å². The number of hydrogen-bond donors (Lipinski definition) is 4. The van der Waals surface area contributed by atoms with E-state index in [-0.39, 0.29) is 46.2 Å². The summed E-state index contributed by atoms with van der Waals surface area (Å²) in [6, 6.07) is 7.06. The van der Waals surface area contributed by atoms with E-state index in [9.17, 15) is 43.6 Å². The Kier molecular flexibility index (Phi) is 14.8. The number of amides is 1. The van der Waals surface area contributed by atoms with Crippen LogP contribution in [0.3, 0.4) is 0 Å². The van der Waals surface area contributed by atoms with Crippen molar-refractivity contribution in [3.05, 3.63) is 87.6 Å². The zero-order chi connectivity index (χ0) is 37.9. The summed E-state index contributed by atoms with van der Waals surface area (Å²) in [6.45, 7) is 1.88. The van der Waals surface area contributed by atoms with E-state index in [1.807, 2.05) is 16.4 Å². The van der Waals surface area contributed by atoms with Gasteiger partial charge in [0.25, 0.3) is 0 Å². The van der Waals surface area contributed by atoms with Crippen LogP contribution in [0.1, 0.15) is 46.9 Å². The number of nitrogens with two attached hydrogens (primary N) is 1. The molecule has 50 heavy (non-hydrogen) atoms. The first-order chi connectivity index (χ1) is 23.2. The van der Waals surface area contributed by atoms with Crippen LogP contribution in [0.25, 0.3) is 6.08 Å². The monoisotopic (exact) mass is 757 g/mol. The van der Waals surface area contributed by atoms with Gasteiger partial charge in [-0.25, -0.2) is 30.6 Å². The largest absolute Gasteiger partial charge is 0.433 e. The average Bonchev–Trinajstić information content (AvgIpc) is 3.02. The minimum atomic E-state index is -4.58. The van der Waals surface area contributed by atoms with Crippen LogP contribution in [0.2, 0.25) is 0 Å². The van der Waals surface area contributed by atoms with Crippen LogP contribution in [0.4, 0.5) is 33.3 Å². The summed E-state index contributed by atoms with van der Waals surface area (Å²) in [6.07, 6.45) is 10.9. The van der Waals surface area contributed by atoms with Crippen LogP contribution in [-0.4, -0.2) is 46.0 Å². The maximum atomic E-state index is 14.3. The molecule has 1 amide bonds. The van der Waals surface area contributed by atoms with E-state index in [1.54, 1.807) is 0 Å². The Morgan fingerprint density at radius 1 is 0.940 bits per heavy atom. The first kappa shape index (κ1) is 41.6. The van der Waals surface area contributed by atoms with E-state index in [1.165, 1.54) is 24.3 Å². The lowest BCUT2D eigenvalue weighted by atomic mass is 10.1. The normalized spacial score (nSPS) is 11.6. The molecule has 0 aliphatic heterocycles. The van der Waals surface area contributed by atoms with E-state index in [0.717, 1.165) is 55.0 Å². The van der Waals surface area contributed by atoms with Crippen molar-refractivity contribution in [1.29, 1.82) is 0 Å². The van der Waals surface area contributed by atoms with Crippen LogP contribution < -0.4 is 20.5 Å². The standard InChI is InChI=1S/C22H21F4N3O3S2.C10H11FN2O2S/c1-4-10-33-21-16(6-8-18(28-21)22(24,25)26)7-9-19(30)27-13-14-11-15(5-2)20(17(23)12-14)29-34(3,31)32;1-3-8-4-7(6-12)5-9(11)10(8)13-16(2,14)15/h2,6-9,11-12,29H,4,10,13H2,1,3H3,(H,27,30);1,4-5,13H,6,12H2,2H3. The number of alkyl halides is 3. The summed E-state index contributed by atoms with van der Waals surface area (Å²) in [5.74, 6) is 2.72. The van der Waals surface area contributed by atoms with Crippen molar-refractivity contribution < 1.29 is 43.6 Å². The van der Waals surface area contributed by atoms with Crippen LogP contribution in [0.15, 0.2) is 47.5 Å². The molecule has 0 atom stereocenters. The molecule has 3 aromatic rings. The number of hydrogen-bond acceptors (Lipinski definition) is 8. The molecular formula is C32H32F5N5O5S3. The molecule has 2 aromatic carbocycles. The number of carbonyl (C=O) groups excluding carboxylic acids is 1. The summed E-state index contributed by atoms with van der Waals surface area (Å²) >= 11 is 1.15. The van der Waals surface area contributed by atoms with E-state index in [0.29, 0.717) is 16.9 Å². The molecule has 10 nitrogen and oxygen atoms in total. The minimum Gasteiger partial charge on any atom is -0.348 e. The number of benzene rings is 2. The van der Waals surface area contributed by atoms with Gasteiger partial charge >= 0.3 is 6.18 Å². The van der Waals surface area contributed by atoms with Crippen molar-refractivity contribution in [2.45, 2.75) is 37.6 Å². The molecule has 18 heteroatoms. The molecule has 0 unspecified atom stereocenters. The Labute approximate surface area is 291 Å². The molecule has 0 radical (unpaired) electrons. The molecular weight excluding hydrogens is 726 g/mol. The maximum Gasteiger partial charge on any atom is 0.433 e. The third-order valence-corrected chi connectivity index (χ3v) is 8.29. The Morgan fingerprint density at radius 2 is 1.46 bits per heavy atom. The molecule has 3 rings (SSSR count). The third kappa shape index (κ3) is 13.4. The van der Waals surface area contributed by atoms with Gasteiger partial charge in [-0.05, 0) is 59.7 Å². The quantitative estimate of drug-likeness (QED) is 0.0864. The number of halogens is 5. The lowest BCUT2D eigenvalue weighted by Crippen LogP contribution is -2.21. The number of pyridine rings is 1. The first-order valence-electron chi connectivity index (χ1n) is 14.1. The Balaban J connectivity index is 0.000000452. The minimum absolute atomic E-state index is 0.0429. The summed E-state index contributed by atoms with van der Waals surface area (Å²) in [4.78, 5) is 15.9. The van der Waals surface area contributed by atoms with E-state index >= 15 is 0 Å². The summed E-state index contributed by atoms with van der Waals surface area (Å²) < 4.78 is 116. The number of thioether (sulfide) groups is 1. The third-order valence-electron chi connectivity index (χ3n) is 5.93. The number of aromatic nitrogens is 1. The molecule has 0 saturated carbocycles. The van der Waals surface area contributed by atoms with E-state index in [4.69, 9.17) is 18.6 Å². The number of anilines is 2. The second-order valence-electron chi connectivity index (χ2n) is 10.2. The number of carbonyl (C=O) groups is 1. The molecule has 5 N–H and O–H groups in total. The van der Waals surface area contributed by atoms with E-state index in [2.05, 4.69) is 22.1 Å². The second kappa shape index (κ2) is 17.9. The summed E-state index contributed by atoms with van der Waals surface area (Å²) in [7, 11) is -7.33. The molecule has 0 aliphatic rings. The second-order valence-corrected chi connectivity index (χ2v) is 14.8. The van der Waals surface area contributed by atoms with Gasteiger partial charge in [0.1, 0.15) is 22.4 Å². The van der Waals surface area contributed by atoms with Gasteiger partial charge in [0.05, 0.1) is 35.0 Å². The molecule has 0 spiro atoms. The van der Waals surface area contributed by atoms with Gasteiger partial charge in [0.2, 0.25) is 26.0 Å². The zero-order valence-electron chi connectivity index (χ0n) is 26.8. The summed E-state index contributed by atoms with van der Waals surface area (Å²) in [5.41, 5.74) is 4.95. The highest BCUT2D eigenvalue weighted by molar-refractivity contribution is 7.99. The average molecular weight is 758 g/mol. The number of nitrogens with zero attached hydrogens (tertiary/aromatic N) is 1. The van der Waals surface area contributed by atoms with Gasteiger partial charge in [-0.2, -0.15) is 13.2 Å². The fraction of sp³-hybridized carbons (Fsp3) is 0.250. The SMILES string of the molecule is C#Cc1cc(CN)cc(F)c1NS(C)(=O)=O.C#Cc1cc(CNC(=O)C=Cc2ccc(C(F)(F)F)nc2SCCC)cc(F)c1NS(C)(=O)=O. The van der Waals surface area contributed by atoms with Gasteiger partial charge in [-0.15, -0.1) is 24.6 Å². The van der Waals surface area contributed by atoms with Crippen molar-refractivity contribution in [2.24, 2.45) is 5.73 Å². The molecule has 0 aliphatic carbocycles. The highest BCUT2D eigenvalue weighted by Gasteiger charge is 2.33. The molecule has 268 valence electrons. The van der Waals surface area contributed by atoms with Crippen LogP contribution in [0.5, 0.6) is 0 Å². The molecule has 0 saturated heterocycles. The van der Waals surface area contributed by atoms with Crippen LogP contribution >= 0.6 is 11.8 Å². The van der Waals surface area contributed by atoms with Crippen LogP contribution in [0, 0.1) is 36.3 Å². The fourth-order valence-electron chi connectivity index (χ4n) is 3.82.